The van der Waals surface area contributed by atoms with Crippen LogP contribution in [0.1, 0.15) is 0 Å². The third kappa shape index (κ3) is 3.24. The van der Waals surface area contributed by atoms with Gasteiger partial charge >= 0.3 is 0 Å². The van der Waals surface area contributed by atoms with Crippen LogP contribution in [0.15, 0.2) is 59.5 Å². The van der Waals surface area contributed by atoms with E-state index in [4.69, 9.17) is 11.6 Å². The first-order chi connectivity index (χ1) is 11.0. The summed E-state index contributed by atoms with van der Waals surface area (Å²) in [5, 5.41) is 3.39. The zero-order valence-corrected chi connectivity index (χ0v) is 12.7. The number of amides is 1. The van der Waals surface area contributed by atoms with Gasteiger partial charge < -0.3 is 9.88 Å². The Morgan fingerprint density at radius 3 is 2.74 bits per heavy atom. The number of para-hydroxylation sites is 1. The average Bonchev–Trinajstić information content (AvgIpc) is 2.52. The largest absolute Gasteiger partial charge is 0.338 e. The molecule has 116 valence electrons. The predicted molar refractivity (Wildman–Crippen MR) is 88.2 cm³/mol. The van der Waals surface area contributed by atoms with E-state index in [0.717, 1.165) is 0 Å². The Morgan fingerprint density at radius 1 is 1.17 bits per heavy atom. The molecular formula is C17H12ClFN2O2. The second-order valence-corrected chi connectivity index (χ2v) is 5.43. The fourth-order valence-electron chi connectivity index (χ4n) is 2.33. The molecule has 0 atom stereocenters. The van der Waals surface area contributed by atoms with Gasteiger partial charge in [0.25, 0.3) is 0 Å². The summed E-state index contributed by atoms with van der Waals surface area (Å²) >= 11 is 5.90. The van der Waals surface area contributed by atoms with Crippen molar-refractivity contribution in [3.05, 3.63) is 75.8 Å². The zero-order valence-electron chi connectivity index (χ0n) is 11.9. The standard InChI is InChI=1S/C17H12ClFN2O2/c18-11-5-6-15-12(9-11)16(22)7-8-21(15)10-17(23)20-14-4-2-1-3-13(14)19/h1-9H,10H2,(H,20,23). The number of anilines is 1. The summed E-state index contributed by atoms with van der Waals surface area (Å²) in [6, 6.07) is 12.2. The SMILES string of the molecule is O=C(Cn1ccc(=O)c2cc(Cl)ccc21)Nc1ccccc1F. The maximum absolute atomic E-state index is 13.6. The Bertz CT molecular complexity index is 953. The number of benzene rings is 2. The molecule has 2 aromatic carbocycles. The lowest BCUT2D eigenvalue weighted by Gasteiger charge is -2.11. The molecule has 0 aliphatic rings. The number of fused-ring (bicyclic) bond motifs is 1. The van der Waals surface area contributed by atoms with Gasteiger partial charge in [0, 0.05) is 22.7 Å². The number of nitrogens with zero attached hydrogens (tertiary/aromatic N) is 1. The van der Waals surface area contributed by atoms with Gasteiger partial charge in [-0.3, -0.25) is 9.59 Å². The van der Waals surface area contributed by atoms with E-state index >= 15 is 0 Å². The summed E-state index contributed by atoms with van der Waals surface area (Å²) in [5.41, 5.74) is 0.532. The van der Waals surface area contributed by atoms with Crippen molar-refractivity contribution in [1.29, 1.82) is 0 Å². The first-order valence-electron chi connectivity index (χ1n) is 6.88. The van der Waals surface area contributed by atoms with Crippen LogP contribution >= 0.6 is 11.6 Å². The van der Waals surface area contributed by atoms with Crippen molar-refractivity contribution in [2.24, 2.45) is 0 Å². The number of carbonyl (C=O) groups excluding carboxylic acids is 1. The minimum atomic E-state index is -0.502. The molecule has 0 saturated carbocycles. The summed E-state index contributed by atoms with van der Waals surface area (Å²) in [7, 11) is 0. The molecule has 3 rings (SSSR count). The van der Waals surface area contributed by atoms with Gasteiger partial charge in [-0.05, 0) is 30.3 Å². The second kappa shape index (κ2) is 6.22. The van der Waals surface area contributed by atoms with Crippen molar-refractivity contribution >= 4 is 34.1 Å². The molecule has 0 aliphatic carbocycles. The van der Waals surface area contributed by atoms with E-state index in [0.29, 0.717) is 15.9 Å². The third-order valence-corrected chi connectivity index (χ3v) is 3.64. The van der Waals surface area contributed by atoms with Crippen molar-refractivity contribution < 1.29 is 9.18 Å². The van der Waals surface area contributed by atoms with Crippen LogP contribution < -0.4 is 10.7 Å². The number of pyridine rings is 1. The monoisotopic (exact) mass is 330 g/mol. The number of nitrogens with one attached hydrogen (secondary N) is 1. The highest BCUT2D eigenvalue weighted by atomic mass is 35.5. The van der Waals surface area contributed by atoms with Crippen molar-refractivity contribution in [1.82, 2.24) is 4.57 Å². The number of carbonyl (C=O) groups is 1. The molecule has 23 heavy (non-hydrogen) atoms. The van der Waals surface area contributed by atoms with Crippen LogP contribution in [0.2, 0.25) is 5.02 Å². The van der Waals surface area contributed by atoms with E-state index < -0.39 is 11.7 Å². The highest BCUT2D eigenvalue weighted by Crippen LogP contribution is 2.17. The second-order valence-electron chi connectivity index (χ2n) is 5.00. The molecule has 0 spiro atoms. The van der Waals surface area contributed by atoms with Gasteiger partial charge in [0.15, 0.2) is 5.43 Å². The minimum Gasteiger partial charge on any atom is -0.338 e. The summed E-state index contributed by atoms with van der Waals surface area (Å²) in [6.07, 6.45) is 1.53. The number of hydrogen-bond acceptors (Lipinski definition) is 2. The average molecular weight is 331 g/mol. The summed E-state index contributed by atoms with van der Waals surface area (Å²) in [5.74, 6) is -0.896. The highest BCUT2D eigenvalue weighted by molar-refractivity contribution is 6.31. The van der Waals surface area contributed by atoms with E-state index in [1.807, 2.05) is 0 Å². The van der Waals surface area contributed by atoms with Crippen LogP contribution in [0.5, 0.6) is 0 Å². The third-order valence-electron chi connectivity index (χ3n) is 3.40. The van der Waals surface area contributed by atoms with Crippen LogP contribution in [-0.4, -0.2) is 10.5 Å². The lowest BCUT2D eigenvalue weighted by Crippen LogP contribution is -2.20. The van der Waals surface area contributed by atoms with Gasteiger partial charge in [-0.15, -0.1) is 0 Å². The van der Waals surface area contributed by atoms with Crippen LogP contribution in [0.4, 0.5) is 10.1 Å². The summed E-state index contributed by atoms with van der Waals surface area (Å²) < 4.78 is 15.2. The number of hydrogen-bond donors (Lipinski definition) is 1. The van der Waals surface area contributed by atoms with Crippen molar-refractivity contribution in [2.75, 3.05) is 5.32 Å². The predicted octanol–water partition coefficient (Wildman–Crippen LogP) is 3.43. The van der Waals surface area contributed by atoms with Gasteiger partial charge in [0.05, 0.1) is 11.2 Å². The Labute approximate surface area is 136 Å². The van der Waals surface area contributed by atoms with Crippen LogP contribution in [-0.2, 0) is 11.3 Å². The molecule has 0 aliphatic heterocycles. The summed E-state index contributed by atoms with van der Waals surface area (Å²) in [4.78, 5) is 24.0. The lowest BCUT2D eigenvalue weighted by atomic mass is 10.2. The molecular weight excluding hydrogens is 319 g/mol. The van der Waals surface area contributed by atoms with Crippen LogP contribution in [0.3, 0.4) is 0 Å². The first-order valence-corrected chi connectivity index (χ1v) is 7.25. The fraction of sp³-hybridized carbons (Fsp3) is 0.0588. The molecule has 0 radical (unpaired) electrons. The molecule has 1 heterocycles. The van der Waals surface area contributed by atoms with Gasteiger partial charge in [-0.25, -0.2) is 4.39 Å². The molecule has 1 aromatic heterocycles. The van der Waals surface area contributed by atoms with E-state index in [2.05, 4.69) is 5.32 Å². The Balaban J connectivity index is 1.90. The molecule has 6 heteroatoms. The van der Waals surface area contributed by atoms with Gasteiger partial charge in [0.1, 0.15) is 12.4 Å². The Kier molecular flexibility index (Phi) is 4.12. The van der Waals surface area contributed by atoms with Gasteiger partial charge in [0.2, 0.25) is 5.91 Å². The smallest absolute Gasteiger partial charge is 0.244 e. The number of aromatic nitrogens is 1. The molecule has 4 nitrogen and oxygen atoms in total. The van der Waals surface area contributed by atoms with E-state index in [1.54, 1.807) is 34.9 Å². The molecule has 0 bridgehead atoms. The van der Waals surface area contributed by atoms with Gasteiger partial charge in [-0.2, -0.15) is 0 Å². The van der Waals surface area contributed by atoms with E-state index in [-0.39, 0.29) is 17.7 Å². The van der Waals surface area contributed by atoms with Crippen molar-refractivity contribution in [2.45, 2.75) is 6.54 Å². The Morgan fingerprint density at radius 2 is 1.96 bits per heavy atom. The minimum absolute atomic E-state index is 0.0489. The fourth-order valence-corrected chi connectivity index (χ4v) is 2.50. The molecule has 3 aromatic rings. The maximum Gasteiger partial charge on any atom is 0.244 e. The van der Waals surface area contributed by atoms with E-state index in [9.17, 15) is 14.0 Å². The highest BCUT2D eigenvalue weighted by Gasteiger charge is 2.09. The molecule has 1 N–H and O–H groups in total. The van der Waals surface area contributed by atoms with Crippen LogP contribution in [0, 0.1) is 5.82 Å². The molecule has 0 fully saturated rings. The van der Waals surface area contributed by atoms with Crippen molar-refractivity contribution in [3.8, 4) is 0 Å². The molecule has 1 amide bonds. The lowest BCUT2D eigenvalue weighted by molar-refractivity contribution is -0.116. The van der Waals surface area contributed by atoms with E-state index in [1.165, 1.54) is 24.4 Å². The quantitative estimate of drug-likeness (QED) is 0.800. The number of halogens is 2. The first kappa shape index (κ1) is 15.2. The summed E-state index contributed by atoms with van der Waals surface area (Å²) in [6.45, 7) is -0.0489. The Hall–Kier alpha value is -2.66. The van der Waals surface area contributed by atoms with Crippen LogP contribution in [0.25, 0.3) is 10.9 Å². The molecule has 0 saturated heterocycles. The zero-order chi connectivity index (χ0) is 16.4. The van der Waals surface area contributed by atoms with Gasteiger partial charge in [-0.1, -0.05) is 23.7 Å². The maximum atomic E-state index is 13.6. The molecule has 0 unspecified atom stereocenters. The van der Waals surface area contributed by atoms with Crippen molar-refractivity contribution in [3.63, 3.8) is 0 Å². The normalized spacial score (nSPS) is 10.7. The topological polar surface area (TPSA) is 51.1 Å². The number of rotatable bonds is 3.